The highest BCUT2D eigenvalue weighted by molar-refractivity contribution is 7.80. The highest BCUT2D eigenvalue weighted by Gasteiger charge is 2.23. The van der Waals surface area contributed by atoms with Gasteiger partial charge in [0.05, 0.1) is 18.1 Å². The molecule has 0 spiro atoms. The Labute approximate surface area is 153 Å². The van der Waals surface area contributed by atoms with Crippen LogP contribution < -0.4 is 5.32 Å². The molecule has 0 radical (unpaired) electrons. The Bertz CT molecular complexity index is 844. The number of anilines is 2. The fraction of sp³-hybridized carbons (Fsp3) is 0.333. The third kappa shape index (κ3) is 3.83. The van der Waals surface area contributed by atoms with Gasteiger partial charge in [0.15, 0.2) is 11.5 Å². The summed E-state index contributed by atoms with van der Waals surface area (Å²) in [6, 6.07) is 5.84. The zero-order valence-electron chi connectivity index (χ0n) is 13.9. The van der Waals surface area contributed by atoms with E-state index in [9.17, 15) is 14.9 Å². The fourth-order valence-corrected chi connectivity index (χ4v) is 2.72. The molecule has 1 aliphatic rings. The van der Waals surface area contributed by atoms with Gasteiger partial charge in [-0.15, -0.1) is 15.0 Å². The average molecular weight is 376 g/mol. The highest BCUT2D eigenvalue weighted by atomic mass is 32.1. The van der Waals surface area contributed by atoms with Crippen LogP contribution in [0.2, 0.25) is 0 Å². The fourth-order valence-electron chi connectivity index (χ4n) is 2.40. The maximum absolute atomic E-state index is 11.6. The number of non-ortho nitro benzene ring substituents is 1. The second kappa shape index (κ2) is 7.54. The summed E-state index contributed by atoms with van der Waals surface area (Å²) in [5.74, 6) is -0.0432. The van der Waals surface area contributed by atoms with Crippen LogP contribution in [0.5, 0.6) is 0 Å². The molecule has 1 N–H and O–H groups in total. The van der Waals surface area contributed by atoms with Crippen LogP contribution in [0.15, 0.2) is 24.3 Å². The molecule has 0 aliphatic carbocycles. The lowest BCUT2D eigenvalue weighted by molar-refractivity contribution is -0.384. The molecule has 10 nitrogen and oxygen atoms in total. The molecule has 1 saturated heterocycles. The first-order valence-corrected chi connectivity index (χ1v) is 8.23. The van der Waals surface area contributed by atoms with Crippen LogP contribution in [0.25, 0.3) is 0 Å². The van der Waals surface area contributed by atoms with Crippen molar-refractivity contribution in [3.05, 3.63) is 40.1 Å². The minimum Gasteiger partial charge on any atom is -0.378 e. The van der Waals surface area contributed by atoms with E-state index in [1.807, 2.05) is 4.90 Å². The van der Waals surface area contributed by atoms with Crippen LogP contribution in [-0.2, 0) is 4.74 Å². The Morgan fingerprint density at radius 2 is 1.92 bits per heavy atom. The van der Waals surface area contributed by atoms with E-state index in [1.54, 1.807) is 12.1 Å². The molecule has 0 atom stereocenters. The third-order valence-corrected chi connectivity index (χ3v) is 4.19. The average Bonchev–Trinajstić information content (AvgIpc) is 3.06. The standard InChI is InChI=1S/C15H16N6O4S/c1-10(22)20-17-13(15(26)19-6-8-25-9-7-19)14(18-20)16-11-2-4-12(5-3-11)21(23)24/h2-5H,6-9H2,1H3,(H,16,18). The molecule has 2 heterocycles. The summed E-state index contributed by atoms with van der Waals surface area (Å²) in [4.78, 5) is 25.3. The van der Waals surface area contributed by atoms with Crippen molar-refractivity contribution in [2.24, 2.45) is 0 Å². The normalized spacial score (nSPS) is 14.1. The molecule has 0 bridgehead atoms. The van der Waals surface area contributed by atoms with Gasteiger partial charge >= 0.3 is 0 Å². The molecule has 26 heavy (non-hydrogen) atoms. The van der Waals surface area contributed by atoms with Gasteiger partial charge in [-0.05, 0) is 12.1 Å². The summed E-state index contributed by atoms with van der Waals surface area (Å²) in [6.07, 6.45) is 0. The smallest absolute Gasteiger partial charge is 0.269 e. The van der Waals surface area contributed by atoms with Gasteiger partial charge in [0, 0.05) is 37.8 Å². The van der Waals surface area contributed by atoms with Crippen LogP contribution in [0.3, 0.4) is 0 Å². The summed E-state index contributed by atoms with van der Waals surface area (Å²) in [5.41, 5.74) is 0.916. The maximum Gasteiger partial charge on any atom is 0.269 e. The van der Waals surface area contributed by atoms with Crippen molar-refractivity contribution >= 4 is 40.3 Å². The van der Waals surface area contributed by atoms with Crippen molar-refractivity contribution < 1.29 is 14.5 Å². The van der Waals surface area contributed by atoms with Gasteiger partial charge in [0.1, 0.15) is 4.99 Å². The lowest BCUT2D eigenvalue weighted by Crippen LogP contribution is -2.40. The summed E-state index contributed by atoms with van der Waals surface area (Å²) >= 11 is 5.51. The molecule has 0 amide bonds. The second-order valence-corrected chi connectivity index (χ2v) is 5.93. The summed E-state index contributed by atoms with van der Waals surface area (Å²) in [5, 5.41) is 22.1. The predicted molar refractivity (Wildman–Crippen MR) is 96.8 cm³/mol. The van der Waals surface area contributed by atoms with Crippen molar-refractivity contribution in [3.8, 4) is 0 Å². The summed E-state index contributed by atoms with van der Waals surface area (Å²) < 4.78 is 5.32. The van der Waals surface area contributed by atoms with E-state index in [0.29, 0.717) is 48.5 Å². The van der Waals surface area contributed by atoms with Crippen molar-refractivity contribution in [1.82, 2.24) is 19.9 Å². The van der Waals surface area contributed by atoms with E-state index < -0.39 is 4.92 Å². The molecular weight excluding hydrogens is 360 g/mol. The van der Waals surface area contributed by atoms with Crippen molar-refractivity contribution in [2.45, 2.75) is 6.92 Å². The number of nitrogens with one attached hydrogen (secondary N) is 1. The number of morpholine rings is 1. The molecule has 0 unspecified atom stereocenters. The van der Waals surface area contributed by atoms with Gasteiger partial charge < -0.3 is 15.0 Å². The second-order valence-electron chi connectivity index (χ2n) is 5.54. The number of hydrogen-bond donors (Lipinski definition) is 1. The molecular formula is C15H16N6O4S. The van der Waals surface area contributed by atoms with Crippen molar-refractivity contribution in [3.63, 3.8) is 0 Å². The Morgan fingerprint density at radius 1 is 1.27 bits per heavy atom. The van der Waals surface area contributed by atoms with Gasteiger partial charge in [0.2, 0.25) is 0 Å². The van der Waals surface area contributed by atoms with E-state index in [2.05, 4.69) is 15.5 Å². The zero-order valence-corrected chi connectivity index (χ0v) is 14.7. The minimum atomic E-state index is -0.477. The Hall–Kier alpha value is -2.92. The Balaban J connectivity index is 1.88. The van der Waals surface area contributed by atoms with E-state index in [-0.39, 0.29) is 11.6 Å². The first-order chi connectivity index (χ1) is 12.5. The largest absolute Gasteiger partial charge is 0.378 e. The predicted octanol–water partition coefficient (Wildman–Crippen LogP) is 1.60. The Morgan fingerprint density at radius 3 is 2.50 bits per heavy atom. The zero-order chi connectivity index (χ0) is 18.7. The van der Waals surface area contributed by atoms with E-state index >= 15 is 0 Å². The van der Waals surface area contributed by atoms with Gasteiger partial charge in [-0.2, -0.15) is 0 Å². The summed E-state index contributed by atoms with van der Waals surface area (Å²) in [7, 11) is 0. The number of aromatic nitrogens is 3. The molecule has 0 saturated carbocycles. The number of benzene rings is 1. The number of hydrogen-bond acceptors (Lipinski definition) is 8. The van der Waals surface area contributed by atoms with Gasteiger partial charge in [0.25, 0.3) is 11.6 Å². The van der Waals surface area contributed by atoms with Gasteiger partial charge in [-0.3, -0.25) is 14.9 Å². The van der Waals surface area contributed by atoms with Crippen LogP contribution in [0.4, 0.5) is 17.2 Å². The molecule has 136 valence electrons. The molecule has 1 aromatic carbocycles. The molecule has 1 aliphatic heterocycles. The van der Waals surface area contributed by atoms with Gasteiger partial charge in [-0.25, -0.2) is 0 Å². The lowest BCUT2D eigenvalue weighted by Gasteiger charge is -2.28. The molecule has 3 rings (SSSR count). The lowest BCUT2D eigenvalue weighted by atomic mass is 10.2. The number of rotatable bonds is 4. The van der Waals surface area contributed by atoms with Crippen LogP contribution >= 0.6 is 12.2 Å². The third-order valence-electron chi connectivity index (χ3n) is 3.74. The van der Waals surface area contributed by atoms with E-state index in [4.69, 9.17) is 17.0 Å². The van der Waals surface area contributed by atoms with Crippen molar-refractivity contribution in [1.29, 1.82) is 0 Å². The van der Waals surface area contributed by atoms with Crippen LogP contribution in [0, 0.1) is 10.1 Å². The minimum absolute atomic E-state index is 0.0213. The quantitative estimate of drug-likeness (QED) is 0.482. The first-order valence-electron chi connectivity index (χ1n) is 7.82. The number of ether oxygens (including phenoxy) is 1. The number of thiocarbonyl (C=S) groups is 1. The molecule has 1 aromatic heterocycles. The molecule has 11 heteroatoms. The highest BCUT2D eigenvalue weighted by Crippen LogP contribution is 2.22. The number of nitro benzene ring substituents is 1. The van der Waals surface area contributed by atoms with Crippen molar-refractivity contribution in [2.75, 3.05) is 31.6 Å². The Kier molecular flexibility index (Phi) is 5.19. The van der Waals surface area contributed by atoms with Crippen LogP contribution in [0.1, 0.15) is 17.4 Å². The topological polar surface area (TPSA) is 115 Å². The van der Waals surface area contributed by atoms with E-state index in [0.717, 1.165) is 4.80 Å². The summed E-state index contributed by atoms with van der Waals surface area (Å²) in [6.45, 7) is 3.72. The molecule has 1 fully saturated rings. The number of nitrogens with zero attached hydrogens (tertiary/aromatic N) is 5. The number of nitro groups is 1. The van der Waals surface area contributed by atoms with Gasteiger partial charge in [-0.1, -0.05) is 12.2 Å². The van der Waals surface area contributed by atoms with Crippen LogP contribution in [-0.4, -0.2) is 62.0 Å². The molecule has 2 aromatic rings. The number of carbonyl (C=O) groups is 1. The first kappa shape index (κ1) is 17.9. The monoisotopic (exact) mass is 376 g/mol. The number of carbonyl (C=O) groups excluding carboxylic acids is 1. The SMILES string of the molecule is CC(=O)n1nc(Nc2ccc([N+](=O)[O-])cc2)c(C(=S)N2CCOCC2)n1. The maximum atomic E-state index is 11.6. The van der Waals surface area contributed by atoms with E-state index in [1.165, 1.54) is 19.1 Å².